The van der Waals surface area contributed by atoms with E-state index in [1.54, 1.807) is 0 Å². The molecule has 1 aromatic rings. The Labute approximate surface area is 129 Å². The number of benzene rings is 1. The van der Waals surface area contributed by atoms with E-state index in [0.717, 1.165) is 31.8 Å². The van der Waals surface area contributed by atoms with Crippen LogP contribution in [0, 0.1) is 5.92 Å². The predicted octanol–water partition coefficient (Wildman–Crippen LogP) is 3.56. The van der Waals surface area contributed by atoms with Crippen molar-refractivity contribution in [3.8, 4) is 5.75 Å². The van der Waals surface area contributed by atoms with Gasteiger partial charge in [0.25, 0.3) is 0 Å². The van der Waals surface area contributed by atoms with Crippen molar-refractivity contribution in [3.63, 3.8) is 0 Å². The Kier molecular flexibility index (Phi) is 4.82. The number of fused-ring (bicyclic) bond motifs is 1. The van der Waals surface area contributed by atoms with Gasteiger partial charge in [0, 0.05) is 6.54 Å². The third kappa shape index (κ3) is 3.70. The van der Waals surface area contributed by atoms with E-state index in [0.29, 0.717) is 5.92 Å². The third-order valence-electron chi connectivity index (χ3n) is 4.22. The molecule has 0 radical (unpaired) electrons. The van der Waals surface area contributed by atoms with Gasteiger partial charge in [0.1, 0.15) is 11.9 Å². The fraction of sp³-hybridized carbons (Fsp3) is 0.667. The summed E-state index contributed by atoms with van der Waals surface area (Å²) in [5, 5.41) is 0. The first kappa shape index (κ1) is 16.2. The smallest absolute Gasteiger partial charge is 0.143 e. The Bertz CT molecular complexity index is 477. The number of ether oxygens (including phenoxy) is 1. The summed E-state index contributed by atoms with van der Waals surface area (Å²) in [6.45, 7) is 13.9. The van der Waals surface area contributed by atoms with Crippen molar-refractivity contribution < 1.29 is 4.74 Å². The van der Waals surface area contributed by atoms with Crippen molar-refractivity contribution in [2.45, 2.75) is 52.6 Å². The molecule has 0 saturated carbocycles. The zero-order chi connectivity index (χ0) is 15.6. The molecule has 3 nitrogen and oxygen atoms in total. The van der Waals surface area contributed by atoms with Gasteiger partial charge in [0.05, 0.1) is 12.2 Å². The fourth-order valence-electron chi connectivity index (χ4n) is 2.69. The van der Waals surface area contributed by atoms with Crippen LogP contribution in [0.5, 0.6) is 5.75 Å². The first-order chi connectivity index (χ1) is 9.82. The second-order valence-corrected chi connectivity index (χ2v) is 7.42. The molecule has 0 saturated heterocycles. The highest BCUT2D eigenvalue weighted by Crippen LogP contribution is 2.38. The Balaban J connectivity index is 2.34. The predicted molar refractivity (Wildman–Crippen MR) is 90.3 cm³/mol. The monoisotopic (exact) mass is 290 g/mol. The Morgan fingerprint density at radius 2 is 2.05 bits per heavy atom. The minimum absolute atomic E-state index is 0.156. The van der Waals surface area contributed by atoms with Crippen molar-refractivity contribution in [3.05, 3.63) is 23.8 Å². The van der Waals surface area contributed by atoms with Crippen LogP contribution in [-0.2, 0) is 5.41 Å². The SMILES string of the molecule is CC(C)C1CN(CCCN)c2cc(C(C)(C)C)ccc2O1. The van der Waals surface area contributed by atoms with E-state index in [-0.39, 0.29) is 11.5 Å². The van der Waals surface area contributed by atoms with Gasteiger partial charge in [0.15, 0.2) is 0 Å². The van der Waals surface area contributed by atoms with Gasteiger partial charge < -0.3 is 15.4 Å². The number of anilines is 1. The molecule has 21 heavy (non-hydrogen) atoms. The molecule has 1 aliphatic heterocycles. The van der Waals surface area contributed by atoms with Crippen LogP contribution in [0.2, 0.25) is 0 Å². The average molecular weight is 290 g/mol. The summed E-state index contributed by atoms with van der Waals surface area (Å²) in [5.41, 5.74) is 8.44. The van der Waals surface area contributed by atoms with Crippen molar-refractivity contribution in [1.29, 1.82) is 0 Å². The summed E-state index contributed by atoms with van der Waals surface area (Å²) >= 11 is 0. The van der Waals surface area contributed by atoms with E-state index in [9.17, 15) is 0 Å². The lowest BCUT2D eigenvalue weighted by Gasteiger charge is -2.39. The standard InChI is InChI=1S/C18H30N2O/c1-13(2)17-12-20(10-6-9-19)15-11-14(18(3,4)5)7-8-16(15)21-17/h7-8,11,13,17H,6,9-10,12,19H2,1-5H3. The minimum atomic E-state index is 0.156. The van der Waals surface area contributed by atoms with Gasteiger partial charge in [-0.05, 0) is 42.0 Å². The molecule has 0 bridgehead atoms. The summed E-state index contributed by atoms with van der Waals surface area (Å²) in [5.74, 6) is 1.53. The van der Waals surface area contributed by atoms with E-state index in [2.05, 4.69) is 57.7 Å². The molecule has 0 fully saturated rings. The Hall–Kier alpha value is -1.22. The van der Waals surface area contributed by atoms with Crippen LogP contribution in [0.15, 0.2) is 18.2 Å². The number of nitrogens with two attached hydrogens (primary N) is 1. The maximum atomic E-state index is 6.20. The lowest BCUT2D eigenvalue weighted by Crippen LogP contribution is -2.43. The highest BCUT2D eigenvalue weighted by Gasteiger charge is 2.28. The van der Waals surface area contributed by atoms with Gasteiger partial charge >= 0.3 is 0 Å². The summed E-state index contributed by atoms with van der Waals surface area (Å²) in [6, 6.07) is 6.63. The number of rotatable bonds is 4. The van der Waals surface area contributed by atoms with E-state index < -0.39 is 0 Å². The van der Waals surface area contributed by atoms with Gasteiger partial charge in [0.2, 0.25) is 0 Å². The van der Waals surface area contributed by atoms with Crippen LogP contribution >= 0.6 is 0 Å². The lowest BCUT2D eigenvalue weighted by molar-refractivity contribution is 0.145. The van der Waals surface area contributed by atoms with Crippen LogP contribution in [0.1, 0.15) is 46.6 Å². The fourth-order valence-corrected chi connectivity index (χ4v) is 2.69. The third-order valence-corrected chi connectivity index (χ3v) is 4.22. The van der Waals surface area contributed by atoms with Crippen LogP contribution in [0.4, 0.5) is 5.69 Å². The molecule has 1 aliphatic rings. The lowest BCUT2D eigenvalue weighted by atomic mass is 9.86. The Morgan fingerprint density at radius 3 is 2.62 bits per heavy atom. The van der Waals surface area contributed by atoms with Gasteiger partial charge in [-0.2, -0.15) is 0 Å². The van der Waals surface area contributed by atoms with Crippen molar-refractivity contribution >= 4 is 5.69 Å². The molecule has 0 aliphatic carbocycles. The molecule has 1 heterocycles. The molecule has 0 aromatic heterocycles. The van der Waals surface area contributed by atoms with Gasteiger partial charge in [-0.25, -0.2) is 0 Å². The van der Waals surface area contributed by atoms with E-state index in [1.165, 1.54) is 11.3 Å². The zero-order valence-electron chi connectivity index (χ0n) is 14.1. The van der Waals surface area contributed by atoms with E-state index >= 15 is 0 Å². The van der Waals surface area contributed by atoms with Gasteiger partial charge in [-0.15, -0.1) is 0 Å². The number of hydrogen-bond donors (Lipinski definition) is 1. The quantitative estimate of drug-likeness (QED) is 0.921. The highest BCUT2D eigenvalue weighted by atomic mass is 16.5. The van der Waals surface area contributed by atoms with Crippen LogP contribution < -0.4 is 15.4 Å². The number of hydrogen-bond acceptors (Lipinski definition) is 3. The molecular formula is C18H30N2O. The molecule has 1 unspecified atom stereocenters. The summed E-state index contributed by atoms with van der Waals surface area (Å²) in [7, 11) is 0. The maximum Gasteiger partial charge on any atom is 0.143 e. The van der Waals surface area contributed by atoms with Gasteiger partial charge in [-0.3, -0.25) is 0 Å². The molecular weight excluding hydrogens is 260 g/mol. The topological polar surface area (TPSA) is 38.5 Å². The molecule has 1 atom stereocenters. The Morgan fingerprint density at radius 1 is 1.33 bits per heavy atom. The van der Waals surface area contributed by atoms with Gasteiger partial charge in [-0.1, -0.05) is 40.7 Å². The largest absolute Gasteiger partial charge is 0.486 e. The van der Waals surface area contributed by atoms with E-state index in [4.69, 9.17) is 10.5 Å². The van der Waals surface area contributed by atoms with Crippen molar-refractivity contribution in [2.24, 2.45) is 11.7 Å². The van der Waals surface area contributed by atoms with E-state index in [1.807, 2.05) is 0 Å². The molecule has 1 aromatic carbocycles. The summed E-state index contributed by atoms with van der Waals surface area (Å²) < 4.78 is 6.20. The molecule has 2 rings (SSSR count). The van der Waals surface area contributed by atoms with Crippen molar-refractivity contribution in [1.82, 2.24) is 0 Å². The average Bonchev–Trinajstić information content (AvgIpc) is 2.42. The summed E-state index contributed by atoms with van der Waals surface area (Å²) in [6.07, 6.45) is 1.28. The molecule has 0 spiro atoms. The van der Waals surface area contributed by atoms with Crippen LogP contribution in [0.3, 0.4) is 0 Å². The molecule has 2 N–H and O–H groups in total. The second-order valence-electron chi connectivity index (χ2n) is 7.42. The second kappa shape index (κ2) is 6.27. The molecule has 0 amide bonds. The normalized spacial score (nSPS) is 18.6. The summed E-state index contributed by atoms with van der Waals surface area (Å²) in [4.78, 5) is 2.45. The highest BCUT2D eigenvalue weighted by molar-refractivity contribution is 5.62. The molecule has 118 valence electrons. The van der Waals surface area contributed by atoms with Crippen LogP contribution in [0.25, 0.3) is 0 Å². The maximum absolute atomic E-state index is 6.20. The molecule has 3 heteroatoms. The zero-order valence-corrected chi connectivity index (χ0v) is 14.1. The minimum Gasteiger partial charge on any atom is -0.486 e. The van der Waals surface area contributed by atoms with Crippen LogP contribution in [-0.4, -0.2) is 25.7 Å². The first-order valence-corrected chi connectivity index (χ1v) is 8.09. The number of nitrogens with zero attached hydrogens (tertiary/aromatic N) is 1. The first-order valence-electron chi connectivity index (χ1n) is 8.09. The van der Waals surface area contributed by atoms with Crippen molar-refractivity contribution in [2.75, 3.05) is 24.5 Å².